The fourth-order valence-corrected chi connectivity index (χ4v) is 4.01. The van der Waals surface area contributed by atoms with E-state index in [1.807, 2.05) is 6.26 Å². The van der Waals surface area contributed by atoms with Crippen LogP contribution in [0.25, 0.3) is 0 Å². The van der Waals surface area contributed by atoms with Gasteiger partial charge in [-0.1, -0.05) is 19.1 Å². The first kappa shape index (κ1) is 13.5. The van der Waals surface area contributed by atoms with Crippen LogP contribution in [0.1, 0.15) is 43.6 Å². The minimum atomic E-state index is -0.191. The Bertz CT molecular complexity index is 569. The number of furan rings is 1. The Morgan fingerprint density at radius 1 is 1.55 bits per heavy atom. The first-order valence-corrected chi connectivity index (χ1v) is 7.32. The molecule has 3 heteroatoms. The van der Waals surface area contributed by atoms with Crippen molar-refractivity contribution in [1.82, 2.24) is 0 Å². The average molecular weight is 274 g/mol. The molecule has 0 saturated heterocycles. The Labute approximate surface area is 120 Å². The molecule has 0 aromatic carbocycles. The number of aryl methyl sites for hydroxylation is 1. The minimum absolute atomic E-state index is 0.0333. The van der Waals surface area contributed by atoms with Crippen LogP contribution in [0, 0.1) is 18.3 Å². The van der Waals surface area contributed by atoms with Gasteiger partial charge in [0.25, 0.3) is 0 Å². The molecule has 0 aliphatic heterocycles. The molecule has 0 amide bonds. The molecule has 0 radical (unpaired) electrons. The number of fused-ring (bicyclic) bond motifs is 2. The SMILES string of the molecule is C=C1CC[C@@H](OC(C)=O)[C@]2(C)Cc3occ(C)c3C[C@@H]12. The standard InChI is InChI=1S/C17H22O3/c1-10-5-6-16(20-12(3)18)17(4)8-15-13(7-14(10)17)11(2)9-19-15/h9,14,16H,1,5-8H2,2-4H3/t14-,16+,17+/m0/s1. The van der Waals surface area contributed by atoms with E-state index in [1.54, 1.807) is 0 Å². The highest BCUT2D eigenvalue weighted by Gasteiger charge is 2.51. The second-order valence-electron chi connectivity index (χ2n) is 6.55. The summed E-state index contributed by atoms with van der Waals surface area (Å²) in [5, 5.41) is 0. The van der Waals surface area contributed by atoms with Crippen LogP contribution >= 0.6 is 0 Å². The van der Waals surface area contributed by atoms with Crippen LogP contribution in [0.2, 0.25) is 0 Å². The van der Waals surface area contributed by atoms with Gasteiger partial charge in [0.15, 0.2) is 0 Å². The van der Waals surface area contributed by atoms with Crippen LogP contribution in [-0.4, -0.2) is 12.1 Å². The van der Waals surface area contributed by atoms with E-state index in [-0.39, 0.29) is 17.5 Å². The Morgan fingerprint density at radius 2 is 2.30 bits per heavy atom. The molecule has 3 atom stereocenters. The summed E-state index contributed by atoms with van der Waals surface area (Å²) in [7, 11) is 0. The molecule has 0 bridgehead atoms. The van der Waals surface area contributed by atoms with Crippen molar-refractivity contribution in [3.05, 3.63) is 35.3 Å². The highest BCUT2D eigenvalue weighted by Crippen LogP contribution is 2.52. The summed E-state index contributed by atoms with van der Waals surface area (Å²) < 4.78 is 11.3. The van der Waals surface area contributed by atoms with Gasteiger partial charge in [0.1, 0.15) is 11.9 Å². The van der Waals surface area contributed by atoms with Crippen LogP contribution in [-0.2, 0) is 22.4 Å². The lowest BCUT2D eigenvalue weighted by Gasteiger charge is -2.49. The highest BCUT2D eigenvalue weighted by molar-refractivity contribution is 5.66. The van der Waals surface area contributed by atoms with Gasteiger partial charge in [-0.15, -0.1) is 0 Å². The Kier molecular flexibility index (Phi) is 3.03. The zero-order valence-electron chi connectivity index (χ0n) is 12.5. The maximum Gasteiger partial charge on any atom is 0.302 e. The van der Waals surface area contributed by atoms with E-state index in [2.05, 4.69) is 20.4 Å². The highest BCUT2D eigenvalue weighted by atomic mass is 16.5. The maximum atomic E-state index is 11.4. The molecular formula is C17H22O3. The largest absolute Gasteiger partial charge is 0.469 e. The van der Waals surface area contributed by atoms with E-state index in [0.717, 1.165) is 31.4 Å². The molecule has 1 aromatic rings. The fourth-order valence-electron chi connectivity index (χ4n) is 4.01. The van der Waals surface area contributed by atoms with Crippen LogP contribution in [0.5, 0.6) is 0 Å². The number of hydrogen-bond acceptors (Lipinski definition) is 3. The van der Waals surface area contributed by atoms with E-state index < -0.39 is 0 Å². The van der Waals surface area contributed by atoms with Gasteiger partial charge in [-0.3, -0.25) is 4.79 Å². The number of esters is 1. The maximum absolute atomic E-state index is 11.4. The molecule has 20 heavy (non-hydrogen) atoms. The third-order valence-electron chi connectivity index (χ3n) is 5.20. The summed E-state index contributed by atoms with van der Waals surface area (Å²) in [4.78, 5) is 11.4. The molecule has 0 N–H and O–H groups in total. The summed E-state index contributed by atoms with van der Waals surface area (Å²) in [5.74, 6) is 1.25. The predicted octanol–water partition coefficient (Wildman–Crippen LogP) is 3.59. The molecular weight excluding hydrogens is 252 g/mol. The first-order valence-electron chi connectivity index (χ1n) is 7.32. The topological polar surface area (TPSA) is 39.4 Å². The van der Waals surface area contributed by atoms with Gasteiger partial charge < -0.3 is 9.15 Å². The average Bonchev–Trinajstić information content (AvgIpc) is 2.72. The van der Waals surface area contributed by atoms with Crippen molar-refractivity contribution in [2.45, 2.75) is 52.6 Å². The molecule has 1 fully saturated rings. The van der Waals surface area contributed by atoms with Crippen molar-refractivity contribution in [3.63, 3.8) is 0 Å². The lowest BCUT2D eigenvalue weighted by molar-refractivity contribution is -0.158. The summed E-state index contributed by atoms with van der Waals surface area (Å²) in [5.41, 5.74) is 3.77. The van der Waals surface area contributed by atoms with E-state index in [0.29, 0.717) is 5.92 Å². The number of ether oxygens (including phenoxy) is 1. The van der Waals surface area contributed by atoms with Gasteiger partial charge in [0, 0.05) is 18.8 Å². The van der Waals surface area contributed by atoms with Crippen LogP contribution in [0.15, 0.2) is 22.8 Å². The van der Waals surface area contributed by atoms with Crippen molar-refractivity contribution in [3.8, 4) is 0 Å². The monoisotopic (exact) mass is 274 g/mol. The lowest BCUT2D eigenvalue weighted by Crippen LogP contribution is -2.50. The van der Waals surface area contributed by atoms with Crippen molar-refractivity contribution in [2.24, 2.45) is 11.3 Å². The summed E-state index contributed by atoms with van der Waals surface area (Å²) in [6, 6.07) is 0. The number of carbonyl (C=O) groups excluding carboxylic acids is 1. The van der Waals surface area contributed by atoms with Crippen molar-refractivity contribution in [1.29, 1.82) is 0 Å². The molecule has 3 nitrogen and oxygen atoms in total. The first-order chi connectivity index (χ1) is 9.41. The molecule has 3 rings (SSSR count). The third-order valence-corrected chi connectivity index (χ3v) is 5.20. The molecule has 0 unspecified atom stereocenters. The lowest BCUT2D eigenvalue weighted by atomic mass is 9.57. The number of hydrogen-bond donors (Lipinski definition) is 0. The third kappa shape index (κ3) is 1.91. The van der Waals surface area contributed by atoms with E-state index in [9.17, 15) is 4.79 Å². The Balaban J connectivity index is 1.99. The van der Waals surface area contributed by atoms with Crippen LogP contribution in [0.3, 0.4) is 0 Å². The van der Waals surface area contributed by atoms with Crippen molar-refractivity contribution in [2.75, 3.05) is 0 Å². The molecule has 2 aliphatic rings. The molecule has 1 aromatic heterocycles. The normalized spacial score (nSPS) is 32.5. The molecule has 108 valence electrons. The summed E-state index contributed by atoms with van der Waals surface area (Å²) in [6.07, 6.45) is 5.43. The van der Waals surface area contributed by atoms with Gasteiger partial charge in [-0.05, 0) is 43.2 Å². The predicted molar refractivity (Wildman–Crippen MR) is 76.4 cm³/mol. The zero-order chi connectivity index (χ0) is 14.5. The molecule has 1 saturated carbocycles. The second kappa shape index (κ2) is 4.51. The van der Waals surface area contributed by atoms with Gasteiger partial charge in [0.2, 0.25) is 0 Å². The van der Waals surface area contributed by atoms with Crippen LogP contribution in [0.4, 0.5) is 0 Å². The smallest absolute Gasteiger partial charge is 0.302 e. The molecule has 1 heterocycles. The molecule has 0 spiro atoms. The van der Waals surface area contributed by atoms with Gasteiger partial charge in [0.05, 0.1) is 6.26 Å². The van der Waals surface area contributed by atoms with E-state index in [4.69, 9.17) is 9.15 Å². The Hall–Kier alpha value is -1.51. The Morgan fingerprint density at radius 3 is 3.00 bits per heavy atom. The number of allylic oxidation sites excluding steroid dienone is 1. The molecule has 2 aliphatic carbocycles. The van der Waals surface area contributed by atoms with Crippen molar-refractivity contribution < 1.29 is 13.9 Å². The van der Waals surface area contributed by atoms with Gasteiger partial charge in [-0.2, -0.15) is 0 Å². The summed E-state index contributed by atoms with van der Waals surface area (Å²) in [6.45, 7) is 10.1. The summed E-state index contributed by atoms with van der Waals surface area (Å²) >= 11 is 0. The number of rotatable bonds is 1. The van der Waals surface area contributed by atoms with Crippen LogP contribution < -0.4 is 0 Å². The second-order valence-corrected chi connectivity index (χ2v) is 6.55. The van der Waals surface area contributed by atoms with Gasteiger partial charge in [-0.25, -0.2) is 0 Å². The fraction of sp³-hybridized carbons (Fsp3) is 0.588. The zero-order valence-corrected chi connectivity index (χ0v) is 12.5. The quantitative estimate of drug-likeness (QED) is 0.580. The number of carbonyl (C=O) groups is 1. The van der Waals surface area contributed by atoms with Gasteiger partial charge >= 0.3 is 5.97 Å². The van der Waals surface area contributed by atoms with E-state index >= 15 is 0 Å². The van der Waals surface area contributed by atoms with E-state index in [1.165, 1.54) is 23.6 Å². The minimum Gasteiger partial charge on any atom is -0.469 e. The van der Waals surface area contributed by atoms with Crippen molar-refractivity contribution >= 4 is 5.97 Å².